The van der Waals surface area contributed by atoms with Crippen LogP contribution in [-0.4, -0.2) is 37.5 Å². The van der Waals surface area contributed by atoms with Crippen LogP contribution >= 0.6 is 23.4 Å². The van der Waals surface area contributed by atoms with Crippen LogP contribution in [0.4, 0.5) is 18.0 Å². The largest absolute Gasteiger partial charge is 0.496 e. The van der Waals surface area contributed by atoms with Crippen molar-refractivity contribution in [1.29, 1.82) is 0 Å². The molecule has 11 heteroatoms. The number of fused-ring (bicyclic) bond motifs is 1. The molecule has 2 amide bonds. The van der Waals surface area contributed by atoms with E-state index in [9.17, 15) is 22.8 Å². The molecule has 0 fully saturated rings. The molecular formula is C21H19ClF3N3O3S. The Hall–Kier alpha value is -2.85. The van der Waals surface area contributed by atoms with Crippen molar-refractivity contribution < 1.29 is 22.7 Å². The number of amides is 2. The van der Waals surface area contributed by atoms with Gasteiger partial charge in [-0.05, 0) is 36.4 Å². The molecule has 0 aliphatic rings. The first-order valence-electron chi connectivity index (χ1n) is 9.35. The first-order valence-corrected chi connectivity index (χ1v) is 10.7. The summed E-state index contributed by atoms with van der Waals surface area (Å²) in [7, 11) is 2.89. The van der Waals surface area contributed by atoms with Crippen LogP contribution in [-0.2, 0) is 6.18 Å². The van der Waals surface area contributed by atoms with Gasteiger partial charge >= 0.3 is 12.2 Å². The van der Waals surface area contributed by atoms with Gasteiger partial charge in [-0.3, -0.25) is 4.79 Å². The molecule has 0 bridgehead atoms. The Morgan fingerprint density at radius 2 is 1.97 bits per heavy atom. The molecule has 3 aromatic rings. The fourth-order valence-corrected chi connectivity index (χ4v) is 4.26. The predicted octanol–water partition coefficient (Wildman–Crippen LogP) is 4.90. The average Bonchev–Trinajstić information content (AvgIpc) is 2.75. The van der Waals surface area contributed by atoms with Gasteiger partial charge in [0.2, 0.25) is 0 Å². The van der Waals surface area contributed by atoms with E-state index < -0.39 is 17.3 Å². The van der Waals surface area contributed by atoms with Crippen LogP contribution in [0.1, 0.15) is 5.56 Å². The number of hydrogen-bond acceptors (Lipinski definition) is 4. The fourth-order valence-electron chi connectivity index (χ4n) is 3.14. The predicted molar refractivity (Wildman–Crippen MR) is 120 cm³/mol. The second-order valence-corrected chi connectivity index (χ2v) is 8.16. The third-order valence-electron chi connectivity index (χ3n) is 4.59. The number of urea groups is 1. The number of nitrogens with one attached hydrogen (secondary N) is 3. The zero-order valence-electron chi connectivity index (χ0n) is 17.0. The van der Waals surface area contributed by atoms with Gasteiger partial charge < -0.3 is 20.4 Å². The zero-order valence-corrected chi connectivity index (χ0v) is 18.6. The number of H-pyrrole nitrogens is 1. The first kappa shape index (κ1) is 23.8. The number of alkyl halides is 3. The Morgan fingerprint density at radius 1 is 1.22 bits per heavy atom. The Bertz CT molecular complexity index is 1210. The summed E-state index contributed by atoms with van der Waals surface area (Å²) in [4.78, 5) is 27.1. The van der Waals surface area contributed by atoms with Gasteiger partial charge in [-0.25, -0.2) is 4.79 Å². The molecule has 0 radical (unpaired) electrons. The second-order valence-electron chi connectivity index (χ2n) is 6.62. The number of benzene rings is 2. The molecule has 0 spiro atoms. The number of ether oxygens (including phenoxy) is 1. The van der Waals surface area contributed by atoms with Gasteiger partial charge in [0, 0.05) is 46.4 Å². The number of thioether (sulfide) groups is 1. The highest BCUT2D eigenvalue weighted by atomic mass is 35.5. The third kappa shape index (κ3) is 5.13. The quantitative estimate of drug-likeness (QED) is 0.342. The second kappa shape index (κ2) is 9.74. The molecule has 3 N–H and O–H groups in total. The molecule has 170 valence electrons. The molecule has 0 atom stereocenters. The normalized spacial score (nSPS) is 11.4. The van der Waals surface area contributed by atoms with Crippen LogP contribution < -0.4 is 20.9 Å². The Kier molecular flexibility index (Phi) is 7.25. The van der Waals surface area contributed by atoms with Crippen molar-refractivity contribution >= 4 is 40.3 Å². The molecule has 0 aliphatic carbocycles. The molecule has 2 aromatic carbocycles. The Labute approximate surface area is 190 Å². The van der Waals surface area contributed by atoms with E-state index in [4.69, 9.17) is 16.3 Å². The summed E-state index contributed by atoms with van der Waals surface area (Å²) in [6.45, 7) is 0.233. The molecule has 0 saturated heterocycles. The van der Waals surface area contributed by atoms with Gasteiger partial charge in [0.25, 0.3) is 5.56 Å². The van der Waals surface area contributed by atoms with E-state index in [0.717, 1.165) is 23.9 Å². The van der Waals surface area contributed by atoms with Crippen LogP contribution in [0.2, 0.25) is 5.02 Å². The minimum absolute atomic E-state index is 0.191. The Morgan fingerprint density at radius 3 is 2.62 bits per heavy atom. The maximum absolute atomic E-state index is 13.4. The zero-order chi connectivity index (χ0) is 23.5. The molecule has 1 heterocycles. The lowest BCUT2D eigenvalue weighted by atomic mass is 9.98. The van der Waals surface area contributed by atoms with E-state index in [0.29, 0.717) is 22.1 Å². The van der Waals surface area contributed by atoms with Crippen molar-refractivity contribution in [2.75, 3.05) is 26.5 Å². The van der Waals surface area contributed by atoms with Crippen molar-refractivity contribution in [1.82, 2.24) is 15.6 Å². The summed E-state index contributed by atoms with van der Waals surface area (Å²) >= 11 is 7.27. The van der Waals surface area contributed by atoms with E-state index in [1.54, 1.807) is 18.2 Å². The van der Waals surface area contributed by atoms with Gasteiger partial charge in [-0.1, -0.05) is 11.6 Å². The summed E-state index contributed by atoms with van der Waals surface area (Å²) in [5.74, 6) is 0.653. The minimum Gasteiger partial charge on any atom is -0.496 e. The highest BCUT2D eigenvalue weighted by Gasteiger charge is 2.31. The van der Waals surface area contributed by atoms with E-state index in [1.807, 2.05) is 0 Å². The molecule has 0 unspecified atom stereocenters. The fraction of sp³-hybridized carbons (Fsp3) is 0.238. The van der Waals surface area contributed by atoms with Crippen molar-refractivity contribution in [3.05, 3.63) is 57.3 Å². The minimum atomic E-state index is -4.56. The number of rotatable bonds is 6. The summed E-state index contributed by atoms with van der Waals surface area (Å²) < 4.78 is 45.7. The van der Waals surface area contributed by atoms with Gasteiger partial charge in [0.1, 0.15) is 5.75 Å². The van der Waals surface area contributed by atoms with Crippen molar-refractivity contribution in [3.63, 3.8) is 0 Å². The van der Waals surface area contributed by atoms with E-state index in [2.05, 4.69) is 15.6 Å². The monoisotopic (exact) mass is 485 g/mol. The highest BCUT2D eigenvalue weighted by Crippen LogP contribution is 2.42. The van der Waals surface area contributed by atoms with Crippen LogP contribution in [0.25, 0.3) is 22.0 Å². The number of aromatic amines is 1. The molecular weight excluding hydrogens is 467 g/mol. The van der Waals surface area contributed by atoms with Crippen LogP contribution in [0, 0.1) is 0 Å². The molecule has 6 nitrogen and oxygen atoms in total. The van der Waals surface area contributed by atoms with E-state index >= 15 is 0 Å². The first-order chi connectivity index (χ1) is 15.2. The number of carbonyl (C=O) groups excluding carboxylic acids is 1. The van der Waals surface area contributed by atoms with E-state index in [-0.39, 0.29) is 33.9 Å². The maximum Gasteiger partial charge on any atom is 0.416 e. The third-order valence-corrected chi connectivity index (χ3v) is 5.91. The molecule has 1 aromatic heterocycles. The van der Waals surface area contributed by atoms with Gasteiger partial charge in [-0.2, -0.15) is 13.2 Å². The average molecular weight is 486 g/mol. The number of aromatic nitrogens is 1. The van der Waals surface area contributed by atoms with Gasteiger partial charge in [0.05, 0.1) is 17.6 Å². The lowest BCUT2D eigenvalue weighted by molar-refractivity contribution is -0.137. The SMILES string of the molecule is CNC(=O)NCCSc1c(-c2cc(Cl)ccc2OC)c2cc(C(F)(F)F)ccc2[nH]c1=O. The van der Waals surface area contributed by atoms with Crippen molar-refractivity contribution in [2.45, 2.75) is 11.1 Å². The Balaban J connectivity index is 2.24. The lowest BCUT2D eigenvalue weighted by Gasteiger charge is -2.17. The standard InChI is InChI=1S/C21H19ClF3N3O3S/c1-26-20(30)27-7-8-32-18-17(14-10-12(22)4-6-16(14)31-2)13-9-11(21(23,24)25)3-5-15(13)28-19(18)29/h3-6,9-10H,7-8H2,1-2H3,(H,28,29)(H2,26,27,30). The molecule has 0 aliphatic heterocycles. The number of pyridine rings is 1. The van der Waals surface area contributed by atoms with Crippen molar-refractivity contribution in [3.8, 4) is 16.9 Å². The summed E-state index contributed by atoms with van der Waals surface area (Å²) in [6, 6.07) is 7.46. The highest BCUT2D eigenvalue weighted by molar-refractivity contribution is 7.99. The van der Waals surface area contributed by atoms with Crippen LogP contribution in [0.3, 0.4) is 0 Å². The molecule has 0 saturated carbocycles. The molecule has 32 heavy (non-hydrogen) atoms. The summed E-state index contributed by atoms with van der Waals surface area (Å²) in [5.41, 5.74) is -0.417. The van der Waals surface area contributed by atoms with E-state index in [1.165, 1.54) is 20.2 Å². The summed E-state index contributed by atoms with van der Waals surface area (Å²) in [6.07, 6.45) is -4.56. The number of hydrogen-bond donors (Lipinski definition) is 3. The lowest BCUT2D eigenvalue weighted by Crippen LogP contribution is -2.34. The molecule has 3 rings (SSSR count). The van der Waals surface area contributed by atoms with Crippen molar-refractivity contribution in [2.24, 2.45) is 0 Å². The summed E-state index contributed by atoms with van der Waals surface area (Å²) in [5, 5.41) is 5.54. The number of carbonyl (C=O) groups is 1. The van der Waals surface area contributed by atoms with Gasteiger partial charge in [0.15, 0.2) is 0 Å². The topological polar surface area (TPSA) is 83.2 Å². The maximum atomic E-state index is 13.4. The number of halogens is 4. The van der Waals surface area contributed by atoms with Gasteiger partial charge in [-0.15, -0.1) is 11.8 Å². The van der Waals surface area contributed by atoms with Crippen LogP contribution in [0.5, 0.6) is 5.75 Å². The number of methoxy groups -OCH3 is 1. The smallest absolute Gasteiger partial charge is 0.416 e. The van der Waals surface area contributed by atoms with Crippen LogP contribution in [0.15, 0.2) is 46.1 Å².